The Morgan fingerprint density at radius 3 is 2.26 bits per heavy atom. The third-order valence-electron chi connectivity index (χ3n) is 5.98. The number of piperidine rings is 1. The smallest absolute Gasteiger partial charge is 0.191 e. The second kappa shape index (κ2) is 14.8. The highest BCUT2D eigenvalue weighted by Crippen LogP contribution is 2.19. The van der Waals surface area contributed by atoms with Crippen LogP contribution in [0.1, 0.15) is 46.0 Å². The third kappa shape index (κ3) is 8.83. The number of nitrogens with one attached hydrogen (secondary N) is 2. The predicted octanol–water partition coefficient (Wildman–Crippen LogP) is 2.39. The van der Waals surface area contributed by atoms with Gasteiger partial charge in [-0.05, 0) is 31.8 Å². The Hall–Kier alpha value is -0.120. The topological polar surface area (TPSA) is 52.1 Å². The number of hydrogen-bond acceptors (Lipinski definition) is 4. The van der Waals surface area contributed by atoms with Gasteiger partial charge >= 0.3 is 0 Å². The molecule has 7 heteroatoms. The van der Waals surface area contributed by atoms with Crippen LogP contribution in [0.5, 0.6) is 0 Å². The summed E-state index contributed by atoms with van der Waals surface area (Å²) >= 11 is 0. The van der Waals surface area contributed by atoms with Crippen LogP contribution in [0.4, 0.5) is 0 Å². The van der Waals surface area contributed by atoms with Crippen LogP contribution in [0.25, 0.3) is 0 Å². The number of aliphatic imine (C=N–C) groups is 1. The highest BCUT2D eigenvalue weighted by atomic mass is 127. The van der Waals surface area contributed by atoms with Crippen LogP contribution in [-0.2, 0) is 4.74 Å². The van der Waals surface area contributed by atoms with E-state index in [-0.39, 0.29) is 24.0 Å². The summed E-state index contributed by atoms with van der Waals surface area (Å²) < 4.78 is 5.55. The average Bonchev–Trinajstić information content (AvgIpc) is 2.71. The molecule has 27 heavy (non-hydrogen) atoms. The number of rotatable bonds is 9. The maximum Gasteiger partial charge on any atom is 0.191 e. The fourth-order valence-corrected chi connectivity index (χ4v) is 4.27. The van der Waals surface area contributed by atoms with Gasteiger partial charge in [0.1, 0.15) is 0 Å². The van der Waals surface area contributed by atoms with E-state index < -0.39 is 0 Å². The fourth-order valence-electron chi connectivity index (χ4n) is 4.27. The largest absolute Gasteiger partial charge is 0.379 e. The number of ether oxygens (including phenoxy) is 1. The number of nitrogens with zero attached hydrogens (tertiary/aromatic N) is 3. The standard InChI is InChI=1S/C20H41N5O.HI/c1-4-18(5-2)19(25-13-15-26-16-14-25)17-23-20(21-3)22-9-12-24-10-7-6-8-11-24;/h18-19H,4-17H2,1-3H3,(H2,21,22,23);1H. The molecule has 2 aliphatic rings. The van der Waals surface area contributed by atoms with Gasteiger partial charge in [-0.15, -0.1) is 24.0 Å². The number of guanidine groups is 1. The van der Waals surface area contributed by atoms with Crippen molar-refractivity contribution < 1.29 is 4.74 Å². The minimum absolute atomic E-state index is 0. The first kappa shape index (κ1) is 24.9. The van der Waals surface area contributed by atoms with Crippen molar-refractivity contribution in [1.82, 2.24) is 20.4 Å². The maximum atomic E-state index is 5.55. The summed E-state index contributed by atoms with van der Waals surface area (Å²) in [4.78, 5) is 9.60. The molecule has 0 bridgehead atoms. The molecule has 0 spiro atoms. The zero-order valence-electron chi connectivity index (χ0n) is 17.7. The Morgan fingerprint density at radius 2 is 1.67 bits per heavy atom. The Bertz CT molecular complexity index is 394. The Kier molecular flexibility index (Phi) is 13.7. The zero-order valence-corrected chi connectivity index (χ0v) is 20.0. The molecule has 160 valence electrons. The van der Waals surface area contributed by atoms with Crippen molar-refractivity contribution in [2.45, 2.75) is 52.0 Å². The molecule has 2 saturated heterocycles. The Labute approximate surface area is 183 Å². The van der Waals surface area contributed by atoms with Gasteiger partial charge in [-0.25, -0.2) is 0 Å². The molecule has 2 rings (SSSR count). The van der Waals surface area contributed by atoms with Crippen molar-refractivity contribution in [3.8, 4) is 0 Å². The van der Waals surface area contributed by atoms with E-state index in [1.54, 1.807) is 0 Å². The van der Waals surface area contributed by atoms with Gasteiger partial charge in [-0.1, -0.05) is 33.1 Å². The molecule has 2 fully saturated rings. The molecule has 1 atom stereocenters. The van der Waals surface area contributed by atoms with Crippen molar-refractivity contribution in [3.63, 3.8) is 0 Å². The van der Waals surface area contributed by atoms with Gasteiger partial charge in [-0.2, -0.15) is 0 Å². The summed E-state index contributed by atoms with van der Waals surface area (Å²) in [5.41, 5.74) is 0. The van der Waals surface area contributed by atoms with Crippen molar-refractivity contribution in [2.24, 2.45) is 10.9 Å². The SMILES string of the molecule is CCC(CC)C(CNC(=NC)NCCN1CCCCC1)N1CCOCC1.I. The van der Waals surface area contributed by atoms with E-state index >= 15 is 0 Å². The predicted molar refractivity (Wildman–Crippen MR) is 125 cm³/mol. The van der Waals surface area contributed by atoms with Gasteiger partial charge in [-0.3, -0.25) is 9.89 Å². The summed E-state index contributed by atoms with van der Waals surface area (Å²) in [6, 6.07) is 0.551. The molecular formula is C20H42IN5O. The van der Waals surface area contributed by atoms with Crippen LogP contribution in [0.3, 0.4) is 0 Å². The lowest BCUT2D eigenvalue weighted by Crippen LogP contribution is -2.53. The summed E-state index contributed by atoms with van der Waals surface area (Å²) in [6.07, 6.45) is 6.54. The fraction of sp³-hybridized carbons (Fsp3) is 0.950. The van der Waals surface area contributed by atoms with E-state index in [4.69, 9.17) is 4.74 Å². The second-order valence-electron chi connectivity index (χ2n) is 7.57. The molecule has 0 radical (unpaired) electrons. The van der Waals surface area contributed by atoms with E-state index in [2.05, 4.69) is 39.3 Å². The molecule has 6 nitrogen and oxygen atoms in total. The normalized spacial score (nSPS) is 21.0. The van der Waals surface area contributed by atoms with Gasteiger partial charge in [0, 0.05) is 45.8 Å². The number of morpholine rings is 1. The van der Waals surface area contributed by atoms with Gasteiger partial charge in [0.2, 0.25) is 0 Å². The first-order valence-corrected chi connectivity index (χ1v) is 10.8. The first-order chi connectivity index (χ1) is 12.8. The van der Waals surface area contributed by atoms with Crippen LogP contribution in [-0.4, -0.2) is 87.9 Å². The van der Waals surface area contributed by atoms with Crippen molar-refractivity contribution in [3.05, 3.63) is 0 Å². The monoisotopic (exact) mass is 495 g/mol. The molecule has 2 N–H and O–H groups in total. The van der Waals surface area contributed by atoms with E-state index in [9.17, 15) is 0 Å². The summed E-state index contributed by atoms with van der Waals surface area (Å²) in [5.74, 6) is 1.65. The lowest BCUT2D eigenvalue weighted by Gasteiger charge is -2.39. The molecule has 0 aromatic carbocycles. The van der Waals surface area contributed by atoms with Crippen molar-refractivity contribution in [1.29, 1.82) is 0 Å². The van der Waals surface area contributed by atoms with E-state index in [0.717, 1.165) is 51.9 Å². The van der Waals surface area contributed by atoms with Crippen LogP contribution in [0.2, 0.25) is 0 Å². The molecule has 0 saturated carbocycles. The summed E-state index contributed by atoms with van der Waals surface area (Å²) in [7, 11) is 1.87. The molecule has 0 aromatic rings. The van der Waals surface area contributed by atoms with Gasteiger partial charge in [0.25, 0.3) is 0 Å². The Morgan fingerprint density at radius 1 is 1.00 bits per heavy atom. The molecule has 2 aliphatic heterocycles. The summed E-state index contributed by atoms with van der Waals surface area (Å²) in [6.45, 7) is 14.0. The van der Waals surface area contributed by atoms with E-state index in [1.807, 2.05) is 7.05 Å². The third-order valence-corrected chi connectivity index (χ3v) is 5.98. The maximum absolute atomic E-state index is 5.55. The molecule has 1 unspecified atom stereocenters. The quantitative estimate of drug-likeness (QED) is 0.292. The highest BCUT2D eigenvalue weighted by molar-refractivity contribution is 14.0. The second-order valence-corrected chi connectivity index (χ2v) is 7.57. The number of hydrogen-bond donors (Lipinski definition) is 2. The molecule has 2 heterocycles. The van der Waals surface area contributed by atoms with Gasteiger partial charge in [0.15, 0.2) is 5.96 Å². The highest BCUT2D eigenvalue weighted by Gasteiger charge is 2.27. The molecular weight excluding hydrogens is 453 g/mol. The minimum atomic E-state index is 0. The van der Waals surface area contributed by atoms with Crippen LogP contribution in [0.15, 0.2) is 4.99 Å². The van der Waals surface area contributed by atoms with Crippen LogP contribution >= 0.6 is 24.0 Å². The van der Waals surface area contributed by atoms with E-state index in [1.165, 1.54) is 45.2 Å². The van der Waals surface area contributed by atoms with E-state index in [0.29, 0.717) is 12.0 Å². The van der Waals surface area contributed by atoms with Crippen molar-refractivity contribution in [2.75, 3.05) is 66.1 Å². The molecule has 0 amide bonds. The Balaban J connectivity index is 0.00000364. The lowest BCUT2D eigenvalue weighted by molar-refractivity contribution is 0.00272. The summed E-state index contributed by atoms with van der Waals surface area (Å²) in [5, 5.41) is 7.10. The van der Waals surface area contributed by atoms with Crippen LogP contribution < -0.4 is 10.6 Å². The number of halogens is 1. The van der Waals surface area contributed by atoms with Gasteiger partial charge in [0.05, 0.1) is 13.2 Å². The first-order valence-electron chi connectivity index (χ1n) is 10.8. The average molecular weight is 495 g/mol. The lowest BCUT2D eigenvalue weighted by atomic mass is 9.92. The number of likely N-dealkylation sites (tertiary alicyclic amines) is 1. The molecule has 0 aromatic heterocycles. The molecule has 0 aliphatic carbocycles. The zero-order chi connectivity index (χ0) is 18.6. The van der Waals surface area contributed by atoms with Crippen LogP contribution in [0, 0.1) is 5.92 Å². The van der Waals surface area contributed by atoms with Gasteiger partial charge < -0.3 is 20.3 Å². The minimum Gasteiger partial charge on any atom is -0.379 e. The van der Waals surface area contributed by atoms with Crippen molar-refractivity contribution >= 4 is 29.9 Å².